The fraction of sp³-hybridized carbons (Fsp3) is 0.800. The first-order valence-electron chi connectivity index (χ1n) is 6.94. The average Bonchev–Trinajstić information content (AvgIpc) is 2.74. The molecule has 0 aromatic carbocycles. The van der Waals surface area contributed by atoms with E-state index in [2.05, 4.69) is 51.5 Å². The van der Waals surface area contributed by atoms with E-state index in [0.29, 0.717) is 11.8 Å². The number of hydrogen-bond donors (Lipinski definition) is 1. The lowest BCUT2D eigenvalue weighted by Crippen LogP contribution is -2.21. The maximum atomic E-state index is 4.59. The van der Waals surface area contributed by atoms with Gasteiger partial charge in [-0.25, -0.2) is 4.98 Å². The number of rotatable bonds is 6. The molecular weight excluding hydrogens is 208 g/mol. The average molecular weight is 236 g/mol. The Morgan fingerprint density at radius 2 is 1.94 bits per heavy atom. The molecule has 2 heteroatoms. The Hall–Kier alpha value is -0.790. The van der Waals surface area contributed by atoms with E-state index in [1.807, 2.05) is 6.33 Å². The molecule has 17 heavy (non-hydrogen) atoms. The van der Waals surface area contributed by atoms with Crippen LogP contribution in [-0.4, -0.2) is 9.97 Å². The first-order chi connectivity index (χ1) is 7.90. The molecule has 1 atom stereocenters. The Labute approximate surface area is 106 Å². The summed E-state index contributed by atoms with van der Waals surface area (Å²) in [5.41, 5.74) is 2.79. The van der Waals surface area contributed by atoms with E-state index in [0.717, 1.165) is 0 Å². The van der Waals surface area contributed by atoms with Gasteiger partial charge in [0.1, 0.15) is 0 Å². The summed E-state index contributed by atoms with van der Waals surface area (Å²) in [7, 11) is 0. The van der Waals surface area contributed by atoms with Crippen molar-refractivity contribution in [2.45, 2.75) is 72.1 Å². The lowest BCUT2D eigenvalue weighted by Gasteiger charge is -2.26. The molecule has 1 aromatic heterocycles. The van der Waals surface area contributed by atoms with Crippen molar-refractivity contribution in [1.29, 1.82) is 0 Å². The fourth-order valence-corrected chi connectivity index (χ4v) is 2.26. The van der Waals surface area contributed by atoms with Gasteiger partial charge in [-0.1, -0.05) is 54.4 Å². The predicted molar refractivity (Wildman–Crippen MR) is 74.4 cm³/mol. The lowest BCUT2D eigenvalue weighted by molar-refractivity contribution is 0.430. The van der Waals surface area contributed by atoms with Crippen LogP contribution in [0.25, 0.3) is 0 Å². The van der Waals surface area contributed by atoms with Crippen LogP contribution in [0.2, 0.25) is 0 Å². The number of nitrogens with one attached hydrogen (secondary N) is 1. The first-order valence-corrected chi connectivity index (χ1v) is 6.94. The minimum absolute atomic E-state index is 0.189. The van der Waals surface area contributed by atoms with Crippen molar-refractivity contribution in [2.75, 3.05) is 0 Å². The number of aromatic amines is 1. The van der Waals surface area contributed by atoms with Gasteiger partial charge in [0.2, 0.25) is 0 Å². The summed E-state index contributed by atoms with van der Waals surface area (Å²) in [5, 5.41) is 0. The van der Waals surface area contributed by atoms with Crippen LogP contribution < -0.4 is 0 Å². The molecule has 0 bridgehead atoms. The molecule has 0 aliphatic rings. The molecule has 0 saturated heterocycles. The van der Waals surface area contributed by atoms with Gasteiger partial charge in [-0.2, -0.15) is 0 Å². The second-order valence-corrected chi connectivity index (χ2v) is 6.18. The number of aromatic nitrogens is 2. The fourth-order valence-electron chi connectivity index (χ4n) is 2.26. The standard InChI is InChI=1S/C15H28N2/c1-7-8-9-15(5,6)14-13(16-10-17-14)12(4)11(2)3/h10-12H,7-9H2,1-6H3,(H,16,17). The SMILES string of the molecule is CCCCC(C)(C)c1nc[nH]c1C(C)C(C)C. The summed E-state index contributed by atoms with van der Waals surface area (Å²) in [4.78, 5) is 7.95. The van der Waals surface area contributed by atoms with Gasteiger partial charge in [-0.15, -0.1) is 0 Å². The zero-order valence-electron chi connectivity index (χ0n) is 12.3. The zero-order valence-corrected chi connectivity index (χ0v) is 12.3. The van der Waals surface area contributed by atoms with Crippen LogP contribution in [0.5, 0.6) is 0 Å². The van der Waals surface area contributed by atoms with E-state index in [1.165, 1.54) is 30.7 Å². The molecule has 1 heterocycles. The molecule has 0 fully saturated rings. The first kappa shape index (κ1) is 14.3. The van der Waals surface area contributed by atoms with E-state index >= 15 is 0 Å². The number of imidazole rings is 1. The second kappa shape index (κ2) is 5.70. The molecule has 98 valence electrons. The molecule has 0 amide bonds. The van der Waals surface area contributed by atoms with Crippen LogP contribution in [0.4, 0.5) is 0 Å². The van der Waals surface area contributed by atoms with Gasteiger partial charge in [-0.3, -0.25) is 0 Å². The molecule has 1 rings (SSSR count). The Bertz CT molecular complexity index is 336. The van der Waals surface area contributed by atoms with Gasteiger partial charge in [0.15, 0.2) is 0 Å². The highest BCUT2D eigenvalue weighted by Gasteiger charge is 2.28. The maximum Gasteiger partial charge on any atom is 0.0925 e. The molecule has 0 aliphatic heterocycles. The molecule has 0 saturated carbocycles. The van der Waals surface area contributed by atoms with Crippen LogP contribution in [0, 0.1) is 5.92 Å². The Morgan fingerprint density at radius 3 is 2.47 bits per heavy atom. The van der Waals surface area contributed by atoms with Crippen LogP contribution in [0.1, 0.15) is 78.1 Å². The monoisotopic (exact) mass is 236 g/mol. The highest BCUT2D eigenvalue weighted by atomic mass is 14.9. The number of nitrogens with zero attached hydrogens (tertiary/aromatic N) is 1. The molecule has 2 nitrogen and oxygen atoms in total. The van der Waals surface area contributed by atoms with Gasteiger partial charge < -0.3 is 4.98 Å². The van der Waals surface area contributed by atoms with Crippen molar-refractivity contribution in [3.8, 4) is 0 Å². The van der Waals surface area contributed by atoms with Crippen LogP contribution >= 0.6 is 0 Å². The number of H-pyrrole nitrogens is 1. The van der Waals surface area contributed by atoms with Gasteiger partial charge in [0.25, 0.3) is 0 Å². The summed E-state index contributed by atoms with van der Waals surface area (Å²) in [5.74, 6) is 1.20. The molecule has 1 N–H and O–H groups in total. The van der Waals surface area contributed by atoms with E-state index in [-0.39, 0.29) is 5.41 Å². The van der Waals surface area contributed by atoms with Crippen LogP contribution in [-0.2, 0) is 5.41 Å². The number of unbranched alkanes of at least 4 members (excludes halogenated alkanes) is 1. The van der Waals surface area contributed by atoms with Crippen molar-refractivity contribution in [1.82, 2.24) is 9.97 Å². The Kier molecular flexibility index (Phi) is 4.79. The molecule has 0 radical (unpaired) electrons. The topological polar surface area (TPSA) is 28.7 Å². The highest BCUT2D eigenvalue weighted by Crippen LogP contribution is 2.34. The van der Waals surface area contributed by atoms with Crippen molar-refractivity contribution < 1.29 is 0 Å². The lowest BCUT2D eigenvalue weighted by atomic mass is 9.79. The van der Waals surface area contributed by atoms with Crippen molar-refractivity contribution in [3.63, 3.8) is 0 Å². The van der Waals surface area contributed by atoms with Gasteiger partial charge in [0, 0.05) is 17.0 Å². The van der Waals surface area contributed by atoms with E-state index in [4.69, 9.17) is 0 Å². The summed E-state index contributed by atoms with van der Waals surface area (Å²) in [6.07, 6.45) is 5.60. The van der Waals surface area contributed by atoms with Crippen LogP contribution in [0.3, 0.4) is 0 Å². The second-order valence-electron chi connectivity index (χ2n) is 6.18. The Morgan fingerprint density at radius 1 is 1.29 bits per heavy atom. The van der Waals surface area contributed by atoms with E-state index < -0.39 is 0 Å². The normalized spacial score (nSPS) is 14.3. The molecule has 0 aliphatic carbocycles. The van der Waals surface area contributed by atoms with Crippen LogP contribution in [0.15, 0.2) is 6.33 Å². The largest absolute Gasteiger partial charge is 0.348 e. The summed E-state index contributed by atoms with van der Waals surface area (Å²) in [6.45, 7) is 13.7. The summed E-state index contributed by atoms with van der Waals surface area (Å²) in [6, 6.07) is 0. The van der Waals surface area contributed by atoms with Gasteiger partial charge in [0.05, 0.1) is 12.0 Å². The molecule has 0 spiro atoms. The summed E-state index contributed by atoms with van der Waals surface area (Å²) >= 11 is 0. The minimum atomic E-state index is 0.189. The molecule has 1 unspecified atom stereocenters. The predicted octanol–water partition coefficient (Wildman–Crippen LogP) is 4.64. The quantitative estimate of drug-likeness (QED) is 0.766. The highest BCUT2D eigenvalue weighted by molar-refractivity contribution is 5.24. The van der Waals surface area contributed by atoms with Gasteiger partial charge in [-0.05, 0) is 12.3 Å². The third kappa shape index (κ3) is 3.34. The molecular formula is C15H28N2. The minimum Gasteiger partial charge on any atom is -0.348 e. The van der Waals surface area contributed by atoms with Crippen molar-refractivity contribution >= 4 is 0 Å². The summed E-state index contributed by atoms with van der Waals surface area (Å²) < 4.78 is 0. The van der Waals surface area contributed by atoms with Gasteiger partial charge >= 0.3 is 0 Å². The third-order valence-corrected chi connectivity index (χ3v) is 3.92. The van der Waals surface area contributed by atoms with E-state index in [1.54, 1.807) is 0 Å². The molecule has 1 aromatic rings. The smallest absolute Gasteiger partial charge is 0.0925 e. The van der Waals surface area contributed by atoms with E-state index in [9.17, 15) is 0 Å². The Balaban J connectivity index is 2.94. The third-order valence-electron chi connectivity index (χ3n) is 3.92. The van der Waals surface area contributed by atoms with Crippen molar-refractivity contribution in [2.24, 2.45) is 5.92 Å². The zero-order chi connectivity index (χ0) is 13.1. The maximum absolute atomic E-state index is 4.59. The number of hydrogen-bond acceptors (Lipinski definition) is 1. The van der Waals surface area contributed by atoms with Crippen molar-refractivity contribution in [3.05, 3.63) is 17.7 Å².